The molecule has 0 radical (unpaired) electrons. The topological polar surface area (TPSA) is 102 Å². The number of carbonyl (C=O) groups is 2. The van der Waals surface area contributed by atoms with E-state index in [4.69, 9.17) is 0 Å². The summed E-state index contributed by atoms with van der Waals surface area (Å²) in [6.45, 7) is 0. The number of carbonyl (C=O) groups excluding carboxylic acids is 2. The Morgan fingerprint density at radius 1 is 1.14 bits per heavy atom. The number of rotatable bonds is 5. The van der Waals surface area contributed by atoms with E-state index in [9.17, 15) is 24.3 Å². The zero-order valence-electron chi connectivity index (χ0n) is 15.8. The van der Waals surface area contributed by atoms with Gasteiger partial charge in [-0.2, -0.15) is 5.26 Å². The molecule has 3 atom stereocenters. The number of nitrogens with one attached hydrogen (secondary N) is 2. The number of hydrogen-bond donors (Lipinski definition) is 3. The molecule has 1 saturated carbocycles. The number of phenols is 1. The van der Waals surface area contributed by atoms with Gasteiger partial charge in [0.1, 0.15) is 17.6 Å². The third kappa shape index (κ3) is 5.11. The van der Waals surface area contributed by atoms with Crippen LogP contribution in [0.5, 0.6) is 5.75 Å². The molecule has 0 bridgehead atoms. The first kappa shape index (κ1) is 20.3. The number of hydrogen-bond acceptors (Lipinski definition) is 4. The Hall–Kier alpha value is -3.40. The molecule has 2 amide bonds. The summed E-state index contributed by atoms with van der Waals surface area (Å²) in [5.74, 6) is -1.56. The Morgan fingerprint density at radius 3 is 2.55 bits per heavy atom. The summed E-state index contributed by atoms with van der Waals surface area (Å²) in [6, 6.07) is 12.2. The molecule has 2 aromatic rings. The monoisotopic (exact) mass is 395 g/mol. The second-order valence-electron chi connectivity index (χ2n) is 7.14. The molecule has 0 spiro atoms. The van der Waals surface area contributed by atoms with Crippen molar-refractivity contribution in [3.8, 4) is 11.8 Å². The van der Waals surface area contributed by atoms with Gasteiger partial charge in [-0.1, -0.05) is 25.0 Å². The first-order chi connectivity index (χ1) is 14.0. The highest BCUT2D eigenvalue weighted by Crippen LogP contribution is 2.26. The van der Waals surface area contributed by atoms with Crippen LogP contribution in [0.25, 0.3) is 0 Å². The minimum Gasteiger partial charge on any atom is -0.508 e. The summed E-state index contributed by atoms with van der Waals surface area (Å²) in [5, 5.41) is 24.7. The van der Waals surface area contributed by atoms with E-state index in [1.165, 1.54) is 36.4 Å². The second kappa shape index (κ2) is 9.20. The molecule has 3 N–H and O–H groups in total. The highest BCUT2D eigenvalue weighted by Gasteiger charge is 2.33. The van der Waals surface area contributed by atoms with Crippen LogP contribution in [-0.4, -0.2) is 23.0 Å². The van der Waals surface area contributed by atoms with Crippen LogP contribution in [0.15, 0.2) is 48.5 Å². The average molecular weight is 395 g/mol. The maximum absolute atomic E-state index is 13.1. The van der Waals surface area contributed by atoms with Crippen LogP contribution >= 0.6 is 0 Å². The lowest BCUT2D eigenvalue weighted by atomic mass is 9.83. The van der Waals surface area contributed by atoms with Crippen molar-refractivity contribution in [1.29, 1.82) is 5.26 Å². The van der Waals surface area contributed by atoms with Gasteiger partial charge in [-0.05, 0) is 54.8 Å². The highest BCUT2D eigenvalue weighted by molar-refractivity contribution is 5.94. The third-order valence-electron chi connectivity index (χ3n) is 5.14. The summed E-state index contributed by atoms with van der Waals surface area (Å²) < 4.78 is 13.1. The lowest BCUT2D eigenvalue weighted by Crippen LogP contribution is -2.48. The fourth-order valence-electron chi connectivity index (χ4n) is 3.61. The maximum atomic E-state index is 13.1. The lowest BCUT2D eigenvalue weighted by Gasteiger charge is -2.32. The number of aromatic hydroxyl groups is 1. The van der Waals surface area contributed by atoms with Crippen LogP contribution in [0, 0.1) is 23.1 Å². The summed E-state index contributed by atoms with van der Waals surface area (Å²) in [4.78, 5) is 25.4. The van der Waals surface area contributed by atoms with Crippen molar-refractivity contribution in [3.63, 3.8) is 0 Å². The predicted molar refractivity (Wildman–Crippen MR) is 104 cm³/mol. The van der Waals surface area contributed by atoms with Crippen LogP contribution < -0.4 is 10.6 Å². The van der Waals surface area contributed by atoms with Gasteiger partial charge in [-0.15, -0.1) is 0 Å². The summed E-state index contributed by atoms with van der Waals surface area (Å²) in [7, 11) is 0. The first-order valence-corrected chi connectivity index (χ1v) is 9.53. The van der Waals surface area contributed by atoms with Crippen LogP contribution in [-0.2, 0) is 4.79 Å². The zero-order chi connectivity index (χ0) is 20.8. The molecule has 1 aliphatic carbocycles. The fourth-order valence-corrected chi connectivity index (χ4v) is 3.61. The third-order valence-corrected chi connectivity index (χ3v) is 5.14. The van der Waals surface area contributed by atoms with Crippen LogP contribution in [0.2, 0.25) is 0 Å². The minimum atomic E-state index is -0.898. The van der Waals surface area contributed by atoms with Crippen molar-refractivity contribution in [3.05, 3.63) is 65.5 Å². The quantitative estimate of drug-likeness (QED) is 0.723. The molecule has 3 rings (SSSR count). The molecule has 0 saturated heterocycles. The van der Waals surface area contributed by atoms with Gasteiger partial charge in [0.05, 0.1) is 12.0 Å². The van der Waals surface area contributed by atoms with Gasteiger partial charge in [0, 0.05) is 11.6 Å². The van der Waals surface area contributed by atoms with Gasteiger partial charge >= 0.3 is 0 Å². The normalized spacial score (nSPS) is 19.6. The minimum absolute atomic E-state index is 0.0131. The van der Waals surface area contributed by atoms with E-state index in [0.717, 1.165) is 12.8 Å². The standard InChI is InChI=1S/C22H22FN3O3/c23-16-10-8-14(9-11-16)21(28)25-19-7-2-1-6-18(19)22(29)26-20(13-24)15-4-3-5-17(27)12-15/h3-5,8-12,18-20,27H,1-2,6-7H2,(H,25,28)(H,26,29)/t18-,19-,20?/m1/s1. The molecule has 0 aromatic heterocycles. The molecular weight excluding hydrogens is 373 g/mol. The highest BCUT2D eigenvalue weighted by atomic mass is 19.1. The fraction of sp³-hybridized carbons (Fsp3) is 0.318. The first-order valence-electron chi connectivity index (χ1n) is 9.53. The van der Waals surface area contributed by atoms with E-state index in [1.54, 1.807) is 12.1 Å². The van der Waals surface area contributed by atoms with Crippen molar-refractivity contribution in [1.82, 2.24) is 10.6 Å². The summed E-state index contributed by atoms with van der Waals surface area (Å²) >= 11 is 0. The van der Waals surface area contributed by atoms with Gasteiger partial charge in [0.2, 0.25) is 5.91 Å². The summed E-state index contributed by atoms with van der Waals surface area (Å²) in [6.07, 6.45) is 2.98. The Bertz CT molecular complexity index is 924. The number of benzene rings is 2. The van der Waals surface area contributed by atoms with E-state index in [1.807, 2.05) is 6.07 Å². The largest absolute Gasteiger partial charge is 0.508 e. The second-order valence-corrected chi connectivity index (χ2v) is 7.14. The Balaban J connectivity index is 1.69. The van der Waals surface area contributed by atoms with E-state index in [2.05, 4.69) is 10.6 Å². The van der Waals surface area contributed by atoms with Crippen LogP contribution in [0.1, 0.15) is 47.6 Å². The average Bonchev–Trinajstić information content (AvgIpc) is 2.72. The molecule has 0 heterocycles. The van der Waals surface area contributed by atoms with E-state index in [-0.39, 0.29) is 23.6 Å². The van der Waals surface area contributed by atoms with Gasteiger partial charge in [0.25, 0.3) is 5.91 Å². The van der Waals surface area contributed by atoms with Crippen LogP contribution in [0.4, 0.5) is 4.39 Å². The molecule has 0 aliphatic heterocycles. The zero-order valence-corrected chi connectivity index (χ0v) is 15.8. The Morgan fingerprint density at radius 2 is 1.86 bits per heavy atom. The smallest absolute Gasteiger partial charge is 0.251 e. The molecule has 1 unspecified atom stereocenters. The number of halogens is 1. The van der Waals surface area contributed by atoms with Crippen molar-refractivity contribution >= 4 is 11.8 Å². The van der Waals surface area contributed by atoms with Crippen molar-refractivity contribution in [2.24, 2.45) is 5.92 Å². The number of phenolic OH excluding ortho intramolecular Hbond substituents is 1. The molecule has 2 aromatic carbocycles. The van der Waals surface area contributed by atoms with Crippen molar-refractivity contribution in [2.45, 2.75) is 37.8 Å². The van der Waals surface area contributed by atoms with E-state index < -0.39 is 17.8 Å². The van der Waals surface area contributed by atoms with Gasteiger partial charge in [0.15, 0.2) is 0 Å². The maximum Gasteiger partial charge on any atom is 0.251 e. The van der Waals surface area contributed by atoms with E-state index >= 15 is 0 Å². The van der Waals surface area contributed by atoms with Gasteiger partial charge in [-0.3, -0.25) is 9.59 Å². The molecule has 7 heteroatoms. The molecule has 150 valence electrons. The van der Waals surface area contributed by atoms with Gasteiger partial charge < -0.3 is 15.7 Å². The Kier molecular flexibility index (Phi) is 6.45. The molecular formula is C22H22FN3O3. The predicted octanol–water partition coefficient (Wildman–Crippen LogP) is 3.20. The molecule has 1 aliphatic rings. The SMILES string of the molecule is N#CC(NC(=O)[C@@H]1CCCC[C@H]1NC(=O)c1ccc(F)cc1)c1cccc(O)c1. The van der Waals surface area contributed by atoms with Gasteiger partial charge in [-0.25, -0.2) is 4.39 Å². The molecule has 1 fully saturated rings. The number of nitriles is 1. The number of nitrogens with zero attached hydrogens (tertiary/aromatic N) is 1. The summed E-state index contributed by atoms with van der Waals surface area (Å²) in [5.41, 5.74) is 0.814. The lowest BCUT2D eigenvalue weighted by molar-refractivity contribution is -0.127. The van der Waals surface area contributed by atoms with Crippen molar-refractivity contribution in [2.75, 3.05) is 0 Å². The van der Waals surface area contributed by atoms with E-state index in [0.29, 0.717) is 24.0 Å². The van der Waals surface area contributed by atoms with Crippen molar-refractivity contribution < 1.29 is 19.1 Å². The molecule has 29 heavy (non-hydrogen) atoms. The number of amides is 2. The Labute approximate surface area is 168 Å². The molecule has 6 nitrogen and oxygen atoms in total. The van der Waals surface area contributed by atoms with Crippen LogP contribution in [0.3, 0.4) is 0 Å².